The number of unbranched alkanes of at least 4 members (excludes halogenated alkanes) is 8. The molecule has 1 atom stereocenters. The number of aliphatic hydroxyl groups is 1. The van der Waals surface area contributed by atoms with Crippen LogP contribution in [0, 0.1) is 0 Å². The topological polar surface area (TPSA) is 95.3 Å². The average Bonchev–Trinajstić information content (AvgIpc) is 2.69. The number of carbonyl (C=O) groups is 1. The molecule has 0 radical (unpaired) electrons. The van der Waals surface area contributed by atoms with E-state index < -0.39 is 0 Å². The van der Waals surface area contributed by atoms with Crippen LogP contribution in [0.1, 0.15) is 83.5 Å². The molecular weight excluding hydrogens is 342 g/mol. The summed E-state index contributed by atoms with van der Waals surface area (Å²) in [5.74, 6) is -0.126. The number of hydrogen-bond acceptors (Lipinski definition) is 4. The Hall–Kier alpha value is -1.78. The minimum Gasteiger partial charge on any atom is -0.469 e. The number of methoxy groups -OCH3 is 1. The summed E-state index contributed by atoms with van der Waals surface area (Å²) in [7, 11) is 1.43. The summed E-state index contributed by atoms with van der Waals surface area (Å²) in [6.07, 6.45) is 22.4. The van der Waals surface area contributed by atoms with Crippen LogP contribution >= 0.6 is 0 Å². The van der Waals surface area contributed by atoms with Gasteiger partial charge in [0.15, 0.2) is 0 Å². The van der Waals surface area contributed by atoms with Gasteiger partial charge in [0.2, 0.25) is 0 Å². The molecule has 6 heteroatoms. The van der Waals surface area contributed by atoms with Crippen LogP contribution < -0.4 is 0 Å². The predicted molar refractivity (Wildman–Crippen MR) is 110 cm³/mol. The van der Waals surface area contributed by atoms with Gasteiger partial charge in [0.25, 0.3) is 0 Å². The normalized spacial score (nSPS) is 12.4. The molecule has 0 aliphatic rings. The van der Waals surface area contributed by atoms with Crippen LogP contribution in [0.25, 0.3) is 10.4 Å². The van der Waals surface area contributed by atoms with E-state index in [1.807, 2.05) is 0 Å². The van der Waals surface area contributed by atoms with Gasteiger partial charge in [0.05, 0.1) is 19.8 Å². The third-order valence-corrected chi connectivity index (χ3v) is 4.39. The second-order valence-corrected chi connectivity index (χ2v) is 6.73. The number of hydrogen-bond donors (Lipinski definition) is 1. The smallest absolute Gasteiger partial charge is 0.305 e. The number of nitrogens with zero attached hydrogens (tertiary/aromatic N) is 3. The zero-order valence-electron chi connectivity index (χ0n) is 16.9. The molecule has 0 amide bonds. The third kappa shape index (κ3) is 18.8. The van der Waals surface area contributed by atoms with E-state index in [-0.39, 0.29) is 18.6 Å². The van der Waals surface area contributed by atoms with E-state index in [1.165, 1.54) is 39.2 Å². The Morgan fingerprint density at radius 2 is 1.48 bits per heavy atom. The second-order valence-electron chi connectivity index (χ2n) is 6.73. The van der Waals surface area contributed by atoms with Gasteiger partial charge in [0, 0.05) is 11.3 Å². The van der Waals surface area contributed by atoms with Crippen molar-refractivity contribution in [2.45, 2.75) is 89.5 Å². The van der Waals surface area contributed by atoms with Crippen molar-refractivity contribution in [2.75, 3.05) is 13.7 Å². The molecule has 27 heavy (non-hydrogen) atoms. The van der Waals surface area contributed by atoms with Crippen molar-refractivity contribution < 1.29 is 14.6 Å². The van der Waals surface area contributed by atoms with E-state index in [4.69, 9.17) is 10.6 Å². The average molecular weight is 380 g/mol. The van der Waals surface area contributed by atoms with Gasteiger partial charge >= 0.3 is 5.97 Å². The Morgan fingerprint density at radius 1 is 0.963 bits per heavy atom. The van der Waals surface area contributed by atoms with Crippen LogP contribution in [0.15, 0.2) is 29.4 Å². The summed E-state index contributed by atoms with van der Waals surface area (Å²) in [6, 6.07) is -0.280. The van der Waals surface area contributed by atoms with Gasteiger partial charge in [-0.15, -0.1) is 0 Å². The summed E-state index contributed by atoms with van der Waals surface area (Å²) in [5.41, 5.74) is 8.34. The van der Waals surface area contributed by atoms with E-state index in [2.05, 4.69) is 39.1 Å². The highest BCUT2D eigenvalue weighted by Gasteiger charge is 2.02. The molecule has 1 N–H and O–H groups in total. The fraction of sp³-hybridized carbons (Fsp3) is 0.762. The Bertz CT molecular complexity index is 458. The minimum absolute atomic E-state index is 0.0705. The van der Waals surface area contributed by atoms with Gasteiger partial charge < -0.3 is 9.84 Å². The number of ether oxygens (including phenoxy) is 1. The van der Waals surface area contributed by atoms with Crippen LogP contribution in [0.4, 0.5) is 0 Å². The van der Waals surface area contributed by atoms with Crippen molar-refractivity contribution in [1.82, 2.24) is 0 Å². The van der Waals surface area contributed by atoms with Crippen molar-refractivity contribution in [3.63, 3.8) is 0 Å². The lowest BCUT2D eigenvalue weighted by Gasteiger charge is -2.04. The Labute approximate surface area is 164 Å². The lowest BCUT2D eigenvalue weighted by atomic mass is 10.1. The van der Waals surface area contributed by atoms with Crippen molar-refractivity contribution in [3.8, 4) is 0 Å². The first-order chi connectivity index (χ1) is 13.2. The zero-order chi connectivity index (χ0) is 20.0. The van der Waals surface area contributed by atoms with Gasteiger partial charge in [-0.25, -0.2) is 0 Å². The van der Waals surface area contributed by atoms with Gasteiger partial charge in [-0.05, 0) is 63.3 Å². The summed E-state index contributed by atoms with van der Waals surface area (Å²) >= 11 is 0. The fourth-order valence-corrected chi connectivity index (χ4v) is 2.72. The molecule has 0 saturated carbocycles. The van der Waals surface area contributed by atoms with Crippen molar-refractivity contribution in [2.24, 2.45) is 5.11 Å². The predicted octanol–water partition coefficient (Wildman–Crippen LogP) is 6.01. The first-order valence-electron chi connectivity index (χ1n) is 10.3. The molecule has 0 aliphatic heterocycles. The van der Waals surface area contributed by atoms with E-state index >= 15 is 0 Å². The highest BCUT2D eigenvalue weighted by Crippen LogP contribution is 2.10. The summed E-state index contributed by atoms with van der Waals surface area (Å²) in [6.45, 7) is -0.0705. The number of allylic oxidation sites excluding steroid dienone is 4. The minimum atomic E-state index is -0.280. The standard InChI is InChI=1S/C21H37N3O3/c1-27-21(26)18-16-14-12-10-8-6-4-2-3-5-7-9-11-13-15-17-20(19-25)23-24-22/h9-12,20,25H,2-8,13-19H2,1H3/b11-9-,12-10-/t20-/m1/s1. The van der Waals surface area contributed by atoms with Crippen LogP contribution in [0.5, 0.6) is 0 Å². The number of carbonyl (C=O) groups excluding carboxylic acids is 1. The molecule has 0 aromatic rings. The Morgan fingerprint density at radius 3 is 2.00 bits per heavy atom. The molecule has 0 saturated heterocycles. The van der Waals surface area contributed by atoms with Gasteiger partial charge in [-0.1, -0.05) is 48.7 Å². The monoisotopic (exact) mass is 379 g/mol. The molecule has 0 bridgehead atoms. The van der Waals surface area contributed by atoms with E-state index in [0.717, 1.165) is 44.9 Å². The molecule has 0 rings (SSSR count). The number of rotatable bonds is 18. The molecule has 0 aromatic heterocycles. The van der Waals surface area contributed by atoms with Crippen molar-refractivity contribution >= 4 is 5.97 Å². The largest absolute Gasteiger partial charge is 0.469 e. The van der Waals surface area contributed by atoms with Crippen LogP contribution in [0.2, 0.25) is 0 Å². The molecule has 0 fully saturated rings. The third-order valence-electron chi connectivity index (χ3n) is 4.39. The first-order valence-corrected chi connectivity index (χ1v) is 10.3. The Balaban J connectivity index is 3.32. The fourth-order valence-electron chi connectivity index (χ4n) is 2.72. The van der Waals surface area contributed by atoms with E-state index in [1.54, 1.807) is 0 Å². The zero-order valence-corrected chi connectivity index (χ0v) is 16.9. The maximum absolute atomic E-state index is 10.9. The molecule has 6 nitrogen and oxygen atoms in total. The summed E-state index contributed by atoms with van der Waals surface area (Å²) in [4.78, 5) is 13.7. The highest BCUT2D eigenvalue weighted by atomic mass is 16.5. The van der Waals surface area contributed by atoms with Crippen LogP contribution in [-0.2, 0) is 9.53 Å². The highest BCUT2D eigenvalue weighted by molar-refractivity contribution is 5.68. The molecule has 0 aromatic carbocycles. The van der Waals surface area contributed by atoms with Gasteiger partial charge in [-0.2, -0.15) is 0 Å². The lowest BCUT2D eigenvalue weighted by molar-refractivity contribution is -0.140. The SMILES string of the molecule is COC(=O)CCC/C=C\CCCCCCC/C=C\CCC[C@H](CO)N=[N+]=[N-]. The molecule has 0 spiro atoms. The quantitative estimate of drug-likeness (QED) is 0.0788. The van der Waals surface area contributed by atoms with Crippen LogP contribution in [0.3, 0.4) is 0 Å². The summed E-state index contributed by atoms with van der Waals surface area (Å²) in [5, 5.41) is 12.6. The number of esters is 1. The molecule has 0 unspecified atom stereocenters. The van der Waals surface area contributed by atoms with Crippen molar-refractivity contribution in [3.05, 3.63) is 34.7 Å². The van der Waals surface area contributed by atoms with Crippen molar-refractivity contribution in [1.29, 1.82) is 0 Å². The molecule has 154 valence electrons. The van der Waals surface area contributed by atoms with E-state index in [0.29, 0.717) is 6.42 Å². The van der Waals surface area contributed by atoms with Gasteiger partial charge in [-0.3, -0.25) is 4.79 Å². The number of azide groups is 1. The molecule has 0 heterocycles. The number of aliphatic hydroxyl groups excluding tert-OH is 1. The second kappa shape index (κ2) is 20.5. The van der Waals surface area contributed by atoms with Crippen LogP contribution in [-0.4, -0.2) is 30.8 Å². The summed E-state index contributed by atoms with van der Waals surface area (Å²) < 4.78 is 4.61. The lowest BCUT2D eigenvalue weighted by Crippen LogP contribution is -2.08. The van der Waals surface area contributed by atoms with Gasteiger partial charge in [0.1, 0.15) is 0 Å². The first kappa shape index (κ1) is 25.2. The molecule has 0 aliphatic carbocycles. The Kier molecular flexibility index (Phi) is 19.2. The molecular formula is C21H37N3O3. The van der Waals surface area contributed by atoms with E-state index in [9.17, 15) is 4.79 Å². The maximum Gasteiger partial charge on any atom is 0.305 e. The maximum atomic E-state index is 10.9.